The molecule has 2 saturated heterocycles. The Hall–Kier alpha value is -1.09. The predicted octanol–water partition coefficient (Wildman–Crippen LogP) is 0.698. The zero-order chi connectivity index (χ0) is 12.7. The fourth-order valence-corrected chi connectivity index (χ4v) is 3.38. The summed E-state index contributed by atoms with van der Waals surface area (Å²) in [6, 6.07) is 0. The summed E-state index contributed by atoms with van der Waals surface area (Å²) in [6.07, 6.45) is 2.13. The highest BCUT2D eigenvalue weighted by molar-refractivity contribution is 7.16. The zero-order valence-electron chi connectivity index (χ0n) is 10.4. The van der Waals surface area contributed by atoms with Crippen LogP contribution < -0.4 is 5.32 Å². The monoisotopic (exact) mass is 281 g/mol. The van der Waals surface area contributed by atoms with Gasteiger partial charge in [0.1, 0.15) is 17.2 Å². The van der Waals surface area contributed by atoms with Crippen molar-refractivity contribution in [2.45, 2.75) is 25.0 Å². The van der Waals surface area contributed by atoms with Crippen LogP contribution in [0.3, 0.4) is 0 Å². The fraction of sp³-hybridized carbons (Fsp3) is 0.727. The van der Waals surface area contributed by atoms with Gasteiger partial charge in [0.2, 0.25) is 4.96 Å². The third-order valence-corrected chi connectivity index (χ3v) is 4.44. The van der Waals surface area contributed by atoms with E-state index < -0.39 is 0 Å². The van der Waals surface area contributed by atoms with Gasteiger partial charge in [-0.1, -0.05) is 11.3 Å². The number of hydrogen-bond acceptors (Lipinski definition) is 7. The van der Waals surface area contributed by atoms with E-state index in [1.807, 2.05) is 4.52 Å². The molecule has 0 aliphatic carbocycles. The summed E-state index contributed by atoms with van der Waals surface area (Å²) in [5, 5.41) is 17.3. The molecule has 4 rings (SSSR count). The van der Waals surface area contributed by atoms with Crippen LogP contribution in [-0.2, 0) is 9.47 Å². The van der Waals surface area contributed by atoms with E-state index >= 15 is 0 Å². The maximum absolute atomic E-state index is 5.72. The molecule has 0 saturated carbocycles. The summed E-state index contributed by atoms with van der Waals surface area (Å²) in [5.74, 6) is 0.818. The minimum atomic E-state index is 0.0257. The molecule has 19 heavy (non-hydrogen) atoms. The van der Waals surface area contributed by atoms with E-state index in [2.05, 4.69) is 20.6 Å². The van der Waals surface area contributed by atoms with Crippen LogP contribution >= 0.6 is 11.3 Å². The van der Waals surface area contributed by atoms with Crippen LogP contribution in [0.2, 0.25) is 0 Å². The molecule has 0 bridgehead atoms. The Bertz CT molecular complexity index is 571. The van der Waals surface area contributed by atoms with Crippen molar-refractivity contribution in [3.63, 3.8) is 0 Å². The van der Waals surface area contributed by atoms with Gasteiger partial charge >= 0.3 is 0 Å². The summed E-state index contributed by atoms with van der Waals surface area (Å²) in [4.78, 5) is 0.815. The number of hydrogen-bond donors (Lipinski definition) is 1. The van der Waals surface area contributed by atoms with Gasteiger partial charge < -0.3 is 14.8 Å². The molecule has 2 fully saturated rings. The first-order valence-electron chi connectivity index (χ1n) is 6.58. The molecule has 2 aliphatic heterocycles. The largest absolute Gasteiger partial charge is 0.370 e. The van der Waals surface area contributed by atoms with Crippen LogP contribution in [0.25, 0.3) is 4.96 Å². The standard InChI is InChI=1S/C11H15N5O2S/c1-2-7(17-4-1)9-13-14-11-16(9)15-10(19-11)8-6-12-3-5-18-8/h7-8,12H,1-6H2. The quantitative estimate of drug-likeness (QED) is 0.873. The van der Waals surface area contributed by atoms with Gasteiger partial charge in [-0.2, -0.15) is 9.61 Å². The third kappa shape index (κ3) is 2.04. The molecule has 2 unspecified atom stereocenters. The molecule has 0 spiro atoms. The van der Waals surface area contributed by atoms with Crippen molar-refractivity contribution < 1.29 is 9.47 Å². The first-order chi connectivity index (χ1) is 9.42. The van der Waals surface area contributed by atoms with Crippen molar-refractivity contribution in [3.05, 3.63) is 10.8 Å². The van der Waals surface area contributed by atoms with E-state index in [1.54, 1.807) is 11.3 Å². The normalized spacial score (nSPS) is 28.2. The maximum atomic E-state index is 5.72. The van der Waals surface area contributed by atoms with Crippen LogP contribution in [0.4, 0.5) is 0 Å². The molecule has 4 heterocycles. The lowest BCUT2D eigenvalue weighted by molar-refractivity contribution is 0.0269. The van der Waals surface area contributed by atoms with Gasteiger partial charge in [0.25, 0.3) is 0 Å². The predicted molar refractivity (Wildman–Crippen MR) is 68.1 cm³/mol. The topological polar surface area (TPSA) is 73.6 Å². The Balaban J connectivity index is 1.67. The summed E-state index contributed by atoms with van der Waals surface area (Å²) in [7, 11) is 0. The van der Waals surface area contributed by atoms with E-state index in [0.717, 1.165) is 54.9 Å². The molecular formula is C11H15N5O2S. The number of aromatic nitrogens is 4. The van der Waals surface area contributed by atoms with Crippen molar-refractivity contribution in [3.8, 4) is 0 Å². The van der Waals surface area contributed by atoms with E-state index in [1.165, 1.54) is 0 Å². The highest BCUT2D eigenvalue weighted by atomic mass is 32.1. The minimum Gasteiger partial charge on any atom is -0.370 e. The smallest absolute Gasteiger partial charge is 0.234 e. The maximum Gasteiger partial charge on any atom is 0.234 e. The molecule has 2 atom stereocenters. The molecule has 0 amide bonds. The lowest BCUT2D eigenvalue weighted by atomic mass is 10.2. The third-order valence-electron chi connectivity index (χ3n) is 3.45. The second-order valence-corrected chi connectivity index (χ2v) is 5.75. The van der Waals surface area contributed by atoms with Gasteiger partial charge in [-0.05, 0) is 12.8 Å². The highest BCUT2D eigenvalue weighted by Crippen LogP contribution is 2.30. The molecule has 2 aromatic rings. The molecule has 0 aromatic carbocycles. The minimum absolute atomic E-state index is 0.0257. The summed E-state index contributed by atoms with van der Waals surface area (Å²) < 4.78 is 13.2. The number of nitrogens with zero attached hydrogens (tertiary/aromatic N) is 4. The lowest BCUT2D eigenvalue weighted by Gasteiger charge is -2.21. The van der Waals surface area contributed by atoms with Crippen LogP contribution in [0, 0.1) is 0 Å². The molecule has 7 nitrogen and oxygen atoms in total. The SMILES string of the molecule is C1COC(c2nnc3sc(C4CNCCO4)nn23)C1. The first-order valence-corrected chi connectivity index (χ1v) is 7.39. The zero-order valence-corrected chi connectivity index (χ0v) is 11.2. The van der Waals surface area contributed by atoms with Gasteiger partial charge in [0.05, 0.1) is 6.61 Å². The number of ether oxygens (including phenoxy) is 2. The summed E-state index contributed by atoms with van der Waals surface area (Å²) in [5.41, 5.74) is 0. The Morgan fingerprint density at radius 1 is 1.21 bits per heavy atom. The Morgan fingerprint density at radius 3 is 2.95 bits per heavy atom. The average Bonchev–Trinajstić information content (AvgIpc) is 3.15. The van der Waals surface area contributed by atoms with Crippen LogP contribution in [0.1, 0.15) is 35.9 Å². The van der Waals surface area contributed by atoms with E-state index in [0.29, 0.717) is 0 Å². The molecule has 0 radical (unpaired) electrons. The first kappa shape index (κ1) is 11.7. The van der Waals surface area contributed by atoms with Crippen molar-refractivity contribution in [2.75, 3.05) is 26.3 Å². The second kappa shape index (κ2) is 4.78. The molecule has 102 valence electrons. The second-order valence-electron chi connectivity index (χ2n) is 4.76. The molecular weight excluding hydrogens is 266 g/mol. The number of fused-ring (bicyclic) bond motifs is 1. The van der Waals surface area contributed by atoms with Crippen LogP contribution in [0.15, 0.2) is 0 Å². The van der Waals surface area contributed by atoms with Crippen LogP contribution in [0.5, 0.6) is 0 Å². The molecule has 2 aromatic heterocycles. The van der Waals surface area contributed by atoms with Crippen LogP contribution in [-0.4, -0.2) is 46.1 Å². The van der Waals surface area contributed by atoms with Gasteiger partial charge in [-0.15, -0.1) is 10.2 Å². The van der Waals surface area contributed by atoms with Gasteiger partial charge in [0, 0.05) is 19.7 Å². The average molecular weight is 281 g/mol. The van der Waals surface area contributed by atoms with Crippen molar-refractivity contribution in [1.29, 1.82) is 0 Å². The van der Waals surface area contributed by atoms with Gasteiger partial charge in [0.15, 0.2) is 5.82 Å². The van der Waals surface area contributed by atoms with Crippen molar-refractivity contribution >= 4 is 16.3 Å². The van der Waals surface area contributed by atoms with E-state index in [-0.39, 0.29) is 12.2 Å². The number of rotatable bonds is 2. The Kier molecular flexibility index (Phi) is 2.95. The summed E-state index contributed by atoms with van der Waals surface area (Å²) >= 11 is 1.54. The molecule has 2 aliphatic rings. The van der Waals surface area contributed by atoms with Gasteiger partial charge in [-0.25, -0.2) is 0 Å². The van der Waals surface area contributed by atoms with Gasteiger partial charge in [-0.3, -0.25) is 0 Å². The van der Waals surface area contributed by atoms with E-state index in [9.17, 15) is 0 Å². The Labute approximate surface area is 113 Å². The fourth-order valence-electron chi connectivity index (χ4n) is 2.48. The molecule has 8 heteroatoms. The highest BCUT2D eigenvalue weighted by Gasteiger charge is 2.27. The number of nitrogens with one attached hydrogen (secondary N) is 1. The number of morpholine rings is 1. The van der Waals surface area contributed by atoms with Crippen molar-refractivity contribution in [1.82, 2.24) is 25.1 Å². The Morgan fingerprint density at radius 2 is 2.16 bits per heavy atom. The summed E-state index contributed by atoms with van der Waals surface area (Å²) in [6.45, 7) is 3.23. The van der Waals surface area contributed by atoms with Crippen molar-refractivity contribution in [2.24, 2.45) is 0 Å². The lowest BCUT2D eigenvalue weighted by Crippen LogP contribution is -2.33. The van der Waals surface area contributed by atoms with E-state index in [4.69, 9.17) is 9.47 Å². The molecule has 1 N–H and O–H groups in total.